The van der Waals surface area contributed by atoms with Crippen LogP contribution < -0.4 is 10.6 Å². The second-order valence-corrected chi connectivity index (χ2v) is 4.33. The average molecular weight is 259 g/mol. The Morgan fingerprint density at radius 1 is 1.37 bits per heavy atom. The zero-order valence-corrected chi connectivity index (χ0v) is 11.1. The molecule has 1 amide bonds. The van der Waals surface area contributed by atoms with E-state index in [1.165, 1.54) is 11.8 Å². The van der Waals surface area contributed by atoms with E-state index in [0.717, 1.165) is 5.56 Å². The molecule has 5 nitrogen and oxygen atoms in total. The molecule has 1 heterocycles. The Labute approximate surface area is 112 Å². The van der Waals surface area contributed by atoms with Gasteiger partial charge < -0.3 is 15.1 Å². The van der Waals surface area contributed by atoms with E-state index in [2.05, 4.69) is 15.6 Å². The number of nitrogens with zero attached hydrogens (tertiary/aromatic N) is 1. The van der Waals surface area contributed by atoms with Gasteiger partial charge in [-0.25, -0.2) is 4.98 Å². The van der Waals surface area contributed by atoms with Crippen molar-refractivity contribution in [3.8, 4) is 0 Å². The number of hydrogen-bond donors (Lipinski definition) is 2. The summed E-state index contributed by atoms with van der Waals surface area (Å²) in [5.74, 6) is 0.274. The van der Waals surface area contributed by atoms with Crippen LogP contribution in [0.25, 0.3) is 0 Å². The van der Waals surface area contributed by atoms with Crippen LogP contribution >= 0.6 is 0 Å². The van der Waals surface area contributed by atoms with Crippen LogP contribution in [0.2, 0.25) is 0 Å². The Morgan fingerprint density at radius 3 is 2.95 bits per heavy atom. The maximum Gasteiger partial charge on any atom is 0.273 e. The van der Waals surface area contributed by atoms with Crippen LogP contribution in [0, 0.1) is 6.92 Å². The van der Waals surface area contributed by atoms with Gasteiger partial charge in [0.05, 0.1) is 6.54 Å². The molecule has 0 radical (unpaired) electrons. The van der Waals surface area contributed by atoms with Crippen molar-refractivity contribution in [2.24, 2.45) is 0 Å². The molecule has 2 aromatic rings. The molecule has 100 valence electrons. The summed E-state index contributed by atoms with van der Waals surface area (Å²) in [6.07, 6.45) is 1.37. The Bertz CT molecular complexity index is 563. The number of carbonyl (C=O) groups is 1. The summed E-state index contributed by atoms with van der Waals surface area (Å²) in [4.78, 5) is 16.0. The molecule has 0 fully saturated rings. The standard InChI is InChI=1S/C14H17N3O2/c1-10-4-3-5-11(6-10)7-16-14(18)12-9-19-13(17-12)8-15-2/h3-6,9,15H,7-8H2,1-2H3,(H,16,18). The van der Waals surface area contributed by atoms with Gasteiger partial charge in [-0.2, -0.15) is 0 Å². The van der Waals surface area contributed by atoms with E-state index < -0.39 is 0 Å². The van der Waals surface area contributed by atoms with Gasteiger partial charge in [-0.05, 0) is 19.5 Å². The summed E-state index contributed by atoms with van der Waals surface area (Å²) in [5.41, 5.74) is 2.54. The number of rotatable bonds is 5. The lowest BCUT2D eigenvalue weighted by molar-refractivity contribution is 0.0946. The second kappa shape index (κ2) is 6.15. The highest BCUT2D eigenvalue weighted by atomic mass is 16.3. The SMILES string of the molecule is CNCc1nc(C(=O)NCc2cccc(C)c2)co1. The highest BCUT2D eigenvalue weighted by Crippen LogP contribution is 2.05. The lowest BCUT2D eigenvalue weighted by Crippen LogP contribution is -2.23. The zero-order valence-electron chi connectivity index (χ0n) is 11.1. The van der Waals surface area contributed by atoms with Crippen molar-refractivity contribution in [3.63, 3.8) is 0 Å². The molecule has 1 aromatic heterocycles. The fraction of sp³-hybridized carbons (Fsp3) is 0.286. The van der Waals surface area contributed by atoms with Crippen LogP contribution in [-0.2, 0) is 13.1 Å². The van der Waals surface area contributed by atoms with Crippen LogP contribution in [-0.4, -0.2) is 17.9 Å². The monoisotopic (exact) mass is 259 g/mol. The molecule has 0 aliphatic carbocycles. The molecule has 2 rings (SSSR count). The molecule has 0 aliphatic heterocycles. The quantitative estimate of drug-likeness (QED) is 0.856. The molecular weight excluding hydrogens is 242 g/mol. The normalized spacial score (nSPS) is 10.4. The number of amides is 1. The summed E-state index contributed by atoms with van der Waals surface area (Å²) in [5, 5.41) is 5.73. The molecule has 5 heteroatoms. The smallest absolute Gasteiger partial charge is 0.273 e. The largest absolute Gasteiger partial charge is 0.447 e. The van der Waals surface area contributed by atoms with Crippen molar-refractivity contribution in [2.75, 3.05) is 7.05 Å². The number of aryl methyl sites for hydroxylation is 1. The van der Waals surface area contributed by atoms with Crippen molar-refractivity contribution in [1.82, 2.24) is 15.6 Å². The summed E-state index contributed by atoms with van der Waals surface area (Å²) < 4.78 is 5.16. The maximum absolute atomic E-state index is 11.9. The number of hydrogen-bond acceptors (Lipinski definition) is 4. The van der Waals surface area contributed by atoms with E-state index in [1.807, 2.05) is 31.2 Å². The predicted molar refractivity (Wildman–Crippen MR) is 71.6 cm³/mol. The van der Waals surface area contributed by atoms with Crippen LogP contribution in [0.15, 0.2) is 34.9 Å². The lowest BCUT2D eigenvalue weighted by atomic mass is 10.1. The predicted octanol–water partition coefficient (Wildman–Crippen LogP) is 1.63. The third-order valence-corrected chi connectivity index (χ3v) is 2.65. The Morgan fingerprint density at radius 2 is 2.21 bits per heavy atom. The van der Waals surface area contributed by atoms with Crippen molar-refractivity contribution in [2.45, 2.75) is 20.0 Å². The van der Waals surface area contributed by atoms with Crippen molar-refractivity contribution >= 4 is 5.91 Å². The topological polar surface area (TPSA) is 67.2 Å². The first-order valence-electron chi connectivity index (χ1n) is 6.12. The summed E-state index contributed by atoms with van der Waals surface area (Å²) in [7, 11) is 1.79. The Kier molecular flexibility index (Phi) is 4.30. The van der Waals surface area contributed by atoms with Gasteiger partial charge in [0.25, 0.3) is 5.91 Å². The summed E-state index contributed by atoms with van der Waals surface area (Å²) >= 11 is 0. The lowest BCUT2D eigenvalue weighted by Gasteiger charge is -2.03. The zero-order chi connectivity index (χ0) is 13.7. The molecule has 0 saturated heterocycles. The molecule has 0 bridgehead atoms. The molecule has 0 atom stereocenters. The van der Waals surface area contributed by atoms with E-state index in [0.29, 0.717) is 24.7 Å². The van der Waals surface area contributed by atoms with Crippen molar-refractivity contribution < 1.29 is 9.21 Å². The van der Waals surface area contributed by atoms with Crippen LogP contribution in [0.3, 0.4) is 0 Å². The summed E-state index contributed by atoms with van der Waals surface area (Å²) in [6.45, 7) is 3.01. The number of carbonyl (C=O) groups excluding carboxylic acids is 1. The minimum absolute atomic E-state index is 0.229. The van der Waals surface area contributed by atoms with E-state index in [1.54, 1.807) is 7.05 Å². The van der Waals surface area contributed by atoms with Crippen LogP contribution in [0.5, 0.6) is 0 Å². The third-order valence-electron chi connectivity index (χ3n) is 2.65. The van der Waals surface area contributed by atoms with Gasteiger partial charge in [0.1, 0.15) is 6.26 Å². The van der Waals surface area contributed by atoms with E-state index in [9.17, 15) is 4.79 Å². The van der Waals surface area contributed by atoms with E-state index in [-0.39, 0.29) is 5.91 Å². The fourth-order valence-corrected chi connectivity index (χ4v) is 1.74. The van der Waals surface area contributed by atoms with Crippen LogP contribution in [0.4, 0.5) is 0 Å². The van der Waals surface area contributed by atoms with Gasteiger partial charge in [-0.15, -0.1) is 0 Å². The third kappa shape index (κ3) is 3.66. The van der Waals surface area contributed by atoms with Gasteiger partial charge in [0.15, 0.2) is 5.69 Å². The second-order valence-electron chi connectivity index (χ2n) is 4.33. The minimum Gasteiger partial charge on any atom is -0.447 e. The molecule has 1 aromatic carbocycles. The number of oxazole rings is 1. The van der Waals surface area contributed by atoms with E-state index >= 15 is 0 Å². The van der Waals surface area contributed by atoms with Crippen LogP contribution in [0.1, 0.15) is 27.5 Å². The molecule has 0 saturated carbocycles. The van der Waals surface area contributed by atoms with Crippen molar-refractivity contribution in [1.29, 1.82) is 0 Å². The molecular formula is C14H17N3O2. The van der Waals surface area contributed by atoms with E-state index in [4.69, 9.17) is 4.42 Å². The summed E-state index contributed by atoms with van der Waals surface area (Å²) in [6, 6.07) is 8.00. The first kappa shape index (κ1) is 13.3. The minimum atomic E-state index is -0.229. The number of aromatic nitrogens is 1. The van der Waals surface area contributed by atoms with Gasteiger partial charge in [-0.1, -0.05) is 29.8 Å². The first-order chi connectivity index (χ1) is 9.19. The molecule has 2 N–H and O–H groups in total. The molecule has 0 unspecified atom stereocenters. The average Bonchev–Trinajstić information content (AvgIpc) is 2.85. The maximum atomic E-state index is 11.9. The Hall–Kier alpha value is -2.14. The van der Waals surface area contributed by atoms with Gasteiger partial charge in [0, 0.05) is 6.54 Å². The fourth-order valence-electron chi connectivity index (χ4n) is 1.74. The Balaban J connectivity index is 1.93. The highest BCUT2D eigenvalue weighted by molar-refractivity contribution is 5.91. The van der Waals surface area contributed by atoms with Gasteiger partial charge in [-0.3, -0.25) is 4.79 Å². The first-order valence-corrected chi connectivity index (χ1v) is 6.12. The molecule has 19 heavy (non-hydrogen) atoms. The van der Waals surface area contributed by atoms with Crippen molar-refractivity contribution in [3.05, 3.63) is 53.2 Å². The van der Waals surface area contributed by atoms with Gasteiger partial charge >= 0.3 is 0 Å². The molecule has 0 aliphatic rings. The molecule has 0 spiro atoms. The highest BCUT2D eigenvalue weighted by Gasteiger charge is 2.11. The van der Waals surface area contributed by atoms with Gasteiger partial charge in [0.2, 0.25) is 5.89 Å². The number of nitrogens with one attached hydrogen (secondary N) is 2. The number of benzene rings is 1.